The number of nitrogens with one attached hydrogen (secondary N) is 1. The van der Waals surface area contributed by atoms with Crippen molar-refractivity contribution in [2.24, 2.45) is 0 Å². The molecule has 27 heavy (non-hydrogen) atoms. The highest BCUT2D eigenvalue weighted by molar-refractivity contribution is 5.92. The van der Waals surface area contributed by atoms with Crippen molar-refractivity contribution in [2.45, 2.75) is 31.8 Å². The van der Waals surface area contributed by atoms with Gasteiger partial charge >= 0.3 is 5.97 Å². The fraction of sp³-hybridized carbons (Fsp3) is 0.421. The van der Waals surface area contributed by atoms with Gasteiger partial charge in [0.1, 0.15) is 5.75 Å². The molecule has 1 aliphatic rings. The monoisotopic (exact) mass is 372 g/mol. The van der Waals surface area contributed by atoms with Gasteiger partial charge in [-0.2, -0.15) is 5.10 Å². The molecule has 2 N–H and O–H groups in total. The molecular formula is C19H24N4O4. The van der Waals surface area contributed by atoms with E-state index >= 15 is 0 Å². The number of carboxylic acid groups (broad SMARTS) is 1. The number of likely N-dealkylation sites (N-methyl/N-ethyl adjacent to an activating group) is 1. The maximum atomic E-state index is 12.4. The molecule has 0 radical (unpaired) electrons. The molecule has 1 amide bonds. The highest BCUT2D eigenvalue weighted by atomic mass is 16.5. The van der Waals surface area contributed by atoms with Crippen LogP contribution in [0.5, 0.6) is 5.75 Å². The van der Waals surface area contributed by atoms with E-state index in [1.807, 2.05) is 36.1 Å². The standard InChI is InChI=1S/C19H24N4O4/c1-3-22(12-18(24)25)15-10-13(11-15)20-19(26)17-8-9-23(21-17)14-4-6-16(27-2)7-5-14/h4-9,13,15H,3,10-12H2,1-2H3,(H,20,26)(H,24,25). The molecule has 1 aromatic heterocycles. The number of carboxylic acids is 1. The summed E-state index contributed by atoms with van der Waals surface area (Å²) < 4.78 is 6.78. The summed E-state index contributed by atoms with van der Waals surface area (Å²) in [6, 6.07) is 9.34. The summed E-state index contributed by atoms with van der Waals surface area (Å²) in [5.41, 5.74) is 1.19. The van der Waals surface area contributed by atoms with Crippen molar-refractivity contribution >= 4 is 11.9 Å². The third-order valence-electron chi connectivity index (χ3n) is 4.87. The summed E-state index contributed by atoms with van der Waals surface area (Å²) in [6.07, 6.45) is 3.25. The predicted octanol–water partition coefficient (Wildman–Crippen LogP) is 1.55. The maximum Gasteiger partial charge on any atom is 0.317 e. The summed E-state index contributed by atoms with van der Waals surface area (Å²) in [6.45, 7) is 2.67. The van der Waals surface area contributed by atoms with Crippen molar-refractivity contribution < 1.29 is 19.4 Å². The third-order valence-corrected chi connectivity index (χ3v) is 4.87. The molecule has 0 bridgehead atoms. The molecule has 0 aliphatic heterocycles. The minimum Gasteiger partial charge on any atom is -0.497 e. The quantitative estimate of drug-likeness (QED) is 0.730. The molecular weight excluding hydrogens is 348 g/mol. The molecule has 1 fully saturated rings. The van der Waals surface area contributed by atoms with Crippen LogP contribution in [0.1, 0.15) is 30.3 Å². The molecule has 0 spiro atoms. The fourth-order valence-corrected chi connectivity index (χ4v) is 3.26. The topological polar surface area (TPSA) is 96.7 Å². The summed E-state index contributed by atoms with van der Waals surface area (Å²) in [7, 11) is 1.61. The van der Waals surface area contributed by atoms with Crippen LogP contribution in [0.25, 0.3) is 5.69 Å². The minimum atomic E-state index is -0.826. The van der Waals surface area contributed by atoms with Gasteiger partial charge in [-0.1, -0.05) is 6.92 Å². The number of rotatable bonds is 8. The van der Waals surface area contributed by atoms with E-state index in [0.29, 0.717) is 12.2 Å². The second-order valence-corrected chi connectivity index (χ2v) is 6.60. The largest absolute Gasteiger partial charge is 0.497 e. The van der Waals surface area contributed by atoms with Crippen LogP contribution in [0.2, 0.25) is 0 Å². The lowest BCUT2D eigenvalue weighted by Gasteiger charge is -2.42. The maximum absolute atomic E-state index is 12.4. The van der Waals surface area contributed by atoms with Gasteiger partial charge in [0.05, 0.1) is 19.3 Å². The Kier molecular flexibility index (Phi) is 5.75. The first-order chi connectivity index (χ1) is 13.0. The molecule has 2 aromatic rings. The number of carbonyl (C=O) groups is 2. The van der Waals surface area contributed by atoms with Crippen LogP contribution >= 0.6 is 0 Å². The van der Waals surface area contributed by atoms with E-state index in [9.17, 15) is 9.59 Å². The van der Waals surface area contributed by atoms with E-state index in [2.05, 4.69) is 10.4 Å². The van der Waals surface area contributed by atoms with Crippen LogP contribution in [-0.2, 0) is 4.79 Å². The van der Waals surface area contributed by atoms with Crippen LogP contribution in [-0.4, -0.2) is 63.9 Å². The van der Waals surface area contributed by atoms with Gasteiger partial charge in [-0.3, -0.25) is 14.5 Å². The average molecular weight is 372 g/mol. The zero-order valence-electron chi connectivity index (χ0n) is 15.5. The Labute approximate surface area is 157 Å². The van der Waals surface area contributed by atoms with E-state index in [4.69, 9.17) is 9.84 Å². The van der Waals surface area contributed by atoms with E-state index in [1.165, 1.54) is 0 Å². The lowest BCUT2D eigenvalue weighted by atomic mass is 9.85. The highest BCUT2D eigenvalue weighted by Gasteiger charge is 2.35. The predicted molar refractivity (Wildman–Crippen MR) is 99.3 cm³/mol. The van der Waals surface area contributed by atoms with Gasteiger partial charge in [-0.25, -0.2) is 4.68 Å². The van der Waals surface area contributed by atoms with Crippen molar-refractivity contribution in [1.82, 2.24) is 20.0 Å². The molecule has 144 valence electrons. The van der Waals surface area contributed by atoms with Crippen molar-refractivity contribution in [3.8, 4) is 11.4 Å². The molecule has 1 aromatic carbocycles. The van der Waals surface area contributed by atoms with E-state index in [1.54, 1.807) is 24.1 Å². The van der Waals surface area contributed by atoms with Crippen LogP contribution < -0.4 is 10.1 Å². The second kappa shape index (κ2) is 8.22. The van der Waals surface area contributed by atoms with Gasteiger partial charge in [0.15, 0.2) is 5.69 Å². The van der Waals surface area contributed by atoms with Crippen molar-refractivity contribution in [3.05, 3.63) is 42.2 Å². The third kappa shape index (κ3) is 4.46. The second-order valence-electron chi connectivity index (χ2n) is 6.60. The number of methoxy groups -OCH3 is 1. The number of hydrogen-bond donors (Lipinski definition) is 2. The molecule has 0 unspecified atom stereocenters. The Morgan fingerprint density at radius 3 is 2.59 bits per heavy atom. The van der Waals surface area contributed by atoms with Crippen LogP contribution in [0.3, 0.4) is 0 Å². The number of carbonyl (C=O) groups excluding carboxylic acids is 1. The van der Waals surface area contributed by atoms with Crippen molar-refractivity contribution in [2.75, 3.05) is 20.2 Å². The Morgan fingerprint density at radius 1 is 1.30 bits per heavy atom. The van der Waals surface area contributed by atoms with Gasteiger partial charge in [0.2, 0.25) is 0 Å². The average Bonchev–Trinajstić information content (AvgIpc) is 3.12. The van der Waals surface area contributed by atoms with E-state index in [-0.39, 0.29) is 24.5 Å². The summed E-state index contributed by atoms with van der Waals surface area (Å²) >= 11 is 0. The lowest BCUT2D eigenvalue weighted by molar-refractivity contribution is -0.139. The zero-order valence-corrected chi connectivity index (χ0v) is 15.5. The van der Waals surface area contributed by atoms with Crippen molar-refractivity contribution in [3.63, 3.8) is 0 Å². The Balaban J connectivity index is 1.54. The van der Waals surface area contributed by atoms with E-state index < -0.39 is 5.97 Å². The molecule has 8 heteroatoms. The molecule has 1 saturated carbocycles. The lowest BCUT2D eigenvalue weighted by Crippen LogP contribution is -2.54. The first kappa shape index (κ1) is 18.9. The van der Waals surface area contributed by atoms with Gasteiger partial charge in [0, 0.05) is 18.3 Å². The molecule has 1 heterocycles. The van der Waals surface area contributed by atoms with Gasteiger partial charge in [0.25, 0.3) is 5.91 Å². The number of nitrogens with zero attached hydrogens (tertiary/aromatic N) is 3. The number of ether oxygens (including phenoxy) is 1. The van der Waals surface area contributed by atoms with E-state index in [0.717, 1.165) is 24.3 Å². The smallest absolute Gasteiger partial charge is 0.317 e. The molecule has 3 rings (SSSR count). The zero-order chi connectivity index (χ0) is 19.4. The molecule has 8 nitrogen and oxygen atoms in total. The Hall–Kier alpha value is -2.87. The van der Waals surface area contributed by atoms with Crippen LogP contribution in [0.4, 0.5) is 0 Å². The SMILES string of the molecule is CCN(CC(=O)O)C1CC(NC(=O)c2ccn(-c3ccc(OC)cc3)n2)C1. The molecule has 0 saturated heterocycles. The number of hydrogen-bond acceptors (Lipinski definition) is 5. The fourth-order valence-electron chi connectivity index (χ4n) is 3.26. The highest BCUT2D eigenvalue weighted by Crippen LogP contribution is 2.25. The normalized spacial score (nSPS) is 18.8. The molecule has 1 aliphatic carbocycles. The number of amides is 1. The van der Waals surface area contributed by atoms with Crippen LogP contribution in [0.15, 0.2) is 36.5 Å². The Morgan fingerprint density at radius 2 is 2.00 bits per heavy atom. The van der Waals surface area contributed by atoms with Gasteiger partial charge < -0.3 is 15.2 Å². The number of aromatic nitrogens is 2. The first-order valence-corrected chi connectivity index (χ1v) is 8.97. The number of benzene rings is 1. The first-order valence-electron chi connectivity index (χ1n) is 8.97. The van der Waals surface area contributed by atoms with Gasteiger partial charge in [-0.15, -0.1) is 0 Å². The number of aliphatic carboxylic acids is 1. The summed E-state index contributed by atoms with van der Waals surface area (Å²) in [5.74, 6) is -0.284. The summed E-state index contributed by atoms with van der Waals surface area (Å²) in [5, 5.41) is 16.2. The molecule has 0 atom stereocenters. The van der Waals surface area contributed by atoms with Crippen molar-refractivity contribution in [1.29, 1.82) is 0 Å². The van der Waals surface area contributed by atoms with Gasteiger partial charge in [-0.05, 0) is 49.7 Å². The van der Waals surface area contributed by atoms with Crippen LogP contribution in [0, 0.1) is 0 Å². The Bertz CT molecular complexity index is 796. The summed E-state index contributed by atoms with van der Waals surface area (Å²) in [4.78, 5) is 25.2. The minimum absolute atomic E-state index is 0.0358.